The summed E-state index contributed by atoms with van der Waals surface area (Å²) in [5.41, 5.74) is 7.95. The van der Waals surface area contributed by atoms with Gasteiger partial charge >= 0.3 is 0 Å². The fraction of sp³-hybridized carbons (Fsp3) is 0.236. The van der Waals surface area contributed by atoms with Crippen LogP contribution in [-0.4, -0.2) is 19.6 Å². The van der Waals surface area contributed by atoms with Gasteiger partial charge in [-0.05, 0) is 122 Å². The van der Waals surface area contributed by atoms with Crippen molar-refractivity contribution in [1.82, 2.24) is 14.5 Å². The second-order valence-electron chi connectivity index (χ2n) is 17.6. The Labute approximate surface area is 362 Å². The monoisotopic (exact) mass is 782 g/mol. The highest BCUT2D eigenvalue weighted by Gasteiger charge is 2.26. The second-order valence-corrected chi connectivity index (χ2v) is 17.6. The normalized spacial score (nSPS) is 15.2. The third-order valence-corrected chi connectivity index (χ3v) is 11.1. The highest BCUT2D eigenvalue weighted by atomic mass is 16.3. The fourth-order valence-corrected chi connectivity index (χ4v) is 7.76. The molecule has 1 N–H and O–H groups in total. The molecule has 0 bridgehead atoms. The lowest BCUT2D eigenvalue weighted by Crippen LogP contribution is -2.14. The Hall–Kier alpha value is -6.26. The van der Waals surface area contributed by atoms with Crippen LogP contribution < -0.4 is 0 Å². The number of hydrogen-bond acceptors (Lipinski definition) is 3. The smallest absolute Gasteiger partial charge is 0.149 e. The molecule has 4 heteroatoms. The predicted molar refractivity (Wildman–Crippen MR) is 249 cm³/mol. The molecule has 2 aromatic heterocycles. The quantitative estimate of drug-likeness (QED) is 0.183. The molecule has 0 saturated carbocycles. The Kier molecular flexibility index (Phi) is 7.52. The van der Waals surface area contributed by atoms with Gasteiger partial charge in [0.2, 0.25) is 0 Å². The van der Waals surface area contributed by atoms with Gasteiger partial charge in [0, 0.05) is 35.3 Å². The Balaban J connectivity index is 1.44. The lowest BCUT2D eigenvalue weighted by Gasteiger charge is -2.25. The number of pyridine rings is 1. The molecule has 0 fully saturated rings. The molecule has 0 aliphatic carbocycles. The lowest BCUT2D eigenvalue weighted by molar-refractivity contribution is 0.475. The second kappa shape index (κ2) is 14.8. The number of aromatic nitrogens is 3. The molecule has 0 spiro atoms. The van der Waals surface area contributed by atoms with Crippen molar-refractivity contribution in [3.63, 3.8) is 0 Å². The zero-order valence-corrected chi connectivity index (χ0v) is 34.6. The number of nitrogens with zero attached hydrogens (tertiary/aromatic N) is 3. The summed E-state index contributed by atoms with van der Waals surface area (Å²) >= 11 is 0. The minimum Gasteiger partial charge on any atom is -0.507 e. The summed E-state index contributed by atoms with van der Waals surface area (Å²) in [7, 11) is 0. The summed E-state index contributed by atoms with van der Waals surface area (Å²) in [6, 6.07) is 44.2. The van der Waals surface area contributed by atoms with Crippen LogP contribution in [0, 0.1) is 6.92 Å². The molecule has 0 radical (unpaired) electrons. The van der Waals surface area contributed by atoms with Crippen LogP contribution in [0.1, 0.15) is 96.7 Å². The number of aromatic hydroxyl groups is 1. The SMILES string of the molecule is [2H]C([2H])([2H])C(c1ccc(O)c(-c2nc3c(-c4cc(-c5cc(-c6ccc(C)cc6)ccn5)cc(C(C)(C)C)c4)cccc3n2-c2ccc(-c3ccccc3)c(C(C)(C)C)c2)c1)(C([2H])([2H])[2H])C([2H])([2H])[2H]. The van der Waals surface area contributed by atoms with Gasteiger partial charge in [0.1, 0.15) is 11.6 Å². The minimum atomic E-state index is -3.52. The van der Waals surface area contributed by atoms with Crippen molar-refractivity contribution >= 4 is 11.0 Å². The van der Waals surface area contributed by atoms with Crippen molar-refractivity contribution in [3.8, 4) is 67.5 Å². The van der Waals surface area contributed by atoms with E-state index in [1.807, 2.05) is 65.4 Å². The summed E-state index contributed by atoms with van der Waals surface area (Å²) in [6.45, 7) is 4.33. The van der Waals surface area contributed by atoms with E-state index in [9.17, 15) is 5.11 Å². The largest absolute Gasteiger partial charge is 0.507 e. The number of phenolic OH excluding ortho intramolecular Hbond substituents is 1. The van der Waals surface area contributed by atoms with E-state index in [-0.39, 0.29) is 28.0 Å². The Morgan fingerprint density at radius 2 is 1.29 bits per heavy atom. The van der Waals surface area contributed by atoms with Gasteiger partial charge in [-0.3, -0.25) is 9.55 Å². The van der Waals surface area contributed by atoms with Crippen LogP contribution in [0.3, 0.4) is 0 Å². The molecular formula is C55H55N3O. The maximum absolute atomic E-state index is 11.8. The summed E-state index contributed by atoms with van der Waals surface area (Å²) < 4.78 is 78.4. The Morgan fingerprint density at radius 1 is 0.542 bits per heavy atom. The third kappa shape index (κ3) is 7.84. The molecule has 0 amide bonds. The van der Waals surface area contributed by atoms with E-state index in [0.29, 0.717) is 16.7 Å². The van der Waals surface area contributed by atoms with E-state index in [1.54, 1.807) is 0 Å². The van der Waals surface area contributed by atoms with Gasteiger partial charge in [-0.25, -0.2) is 4.98 Å². The molecule has 4 nitrogen and oxygen atoms in total. The zero-order chi connectivity index (χ0) is 49.4. The van der Waals surface area contributed by atoms with Gasteiger partial charge in [0.15, 0.2) is 0 Å². The minimum absolute atomic E-state index is 0.0440. The van der Waals surface area contributed by atoms with Crippen molar-refractivity contribution < 1.29 is 17.4 Å². The maximum atomic E-state index is 11.8. The molecule has 8 aromatic rings. The number of para-hydroxylation sites is 1. The Bertz CT molecular complexity index is 3130. The number of fused-ring (bicyclic) bond motifs is 1. The molecule has 2 heterocycles. The number of phenols is 1. The van der Waals surface area contributed by atoms with E-state index in [1.165, 1.54) is 11.6 Å². The first-order chi connectivity index (χ1) is 31.7. The molecule has 0 aliphatic heterocycles. The highest BCUT2D eigenvalue weighted by molar-refractivity contribution is 5.97. The molecule has 0 unspecified atom stereocenters. The van der Waals surface area contributed by atoms with E-state index in [2.05, 4.69) is 115 Å². The van der Waals surface area contributed by atoms with Crippen LogP contribution in [0.5, 0.6) is 5.75 Å². The molecular weight excluding hydrogens is 719 g/mol. The number of hydrogen-bond donors (Lipinski definition) is 1. The summed E-state index contributed by atoms with van der Waals surface area (Å²) in [5, 5.41) is 11.8. The van der Waals surface area contributed by atoms with Crippen molar-refractivity contribution in [1.29, 1.82) is 0 Å². The first kappa shape index (κ1) is 29.9. The van der Waals surface area contributed by atoms with E-state index >= 15 is 0 Å². The number of benzene rings is 6. The van der Waals surface area contributed by atoms with Crippen LogP contribution in [0.15, 0.2) is 146 Å². The lowest BCUT2D eigenvalue weighted by atomic mass is 9.81. The van der Waals surface area contributed by atoms with Gasteiger partial charge < -0.3 is 5.11 Å². The van der Waals surface area contributed by atoms with Crippen LogP contribution in [0.4, 0.5) is 0 Å². The van der Waals surface area contributed by atoms with Gasteiger partial charge in [0.25, 0.3) is 0 Å². The standard InChI is InChI=1S/C55H55N3O/c1-35-19-21-36(22-20-35)38-27-28-56-48(32-38)40-29-39(30-42(31-40)54(5,6)7)45-17-14-18-49-51(45)57-52(46-33-41(53(2,3)4)23-26-50(46)59)58(49)43-24-25-44(37-15-12-11-13-16-37)47(34-43)55(8,9)10/h11-34,59H,1-10H3/i2D3,3D3,4D3. The van der Waals surface area contributed by atoms with Crippen molar-refractivity contribution in [3.05, 3.63) is 168 Å². The zero-order valence-electron chi connectivity index (χ0n) is 43.6. The van der Waals surface area contributed by atoms with Crippen LogP contribution in [0.25, 0.3) is 72.7 Å². The number of rotatable bonds is 6. The summed E-state index contributed by atoms with van der Waals surface area (Å²) in [4.78, 5) is 10.1. The fourth-order valence-electron chi connectivity index (χ4n) is 7.76. The molecule has 0 aliphatic rings. The van der Waals surface area contributed by atoms with E-state index in [0.717, 1.165) is 67.9 Å². The number of imidazole rings is 1. The average molecular weight is 783 g/mol. The van der Waals surface area contributed by atoms with E-state index in [4.69, 9.17) is 22.3 Å². The third-order valence-electron chi connectivity index (χ3n) is 11.1. The first-order valence-corrected chi connectivity index (χ1v) is 20.0. The predicted octanol–water partition coefficient (Wildman–Crippen LogP) is 14.7. The van der Waals surface area contributed by atoms with Gasteiger partial charge in [-0.1, -0.05) is 153 Å². The topological polar surface area (TPSA) is 50.9 Å². The first-order valence-electron chi connectivity index (χ1n) is 24.5. The molecule has 8 rings (SSSR count). The molecule has 0 atom stereocenters. The number of aryl methyl sites for hydroxylation is 1. The van der Waals surface area contributed by atoms with E-state index < -0.39 is 31.5 Å². The molecule has 6 aromatic carbocycles. The van der Waals surface area contributed by atoms with Gasteiger partial charge in [-0.15, -0.1) is 0 Å². The molecule has 296 valence electrons. The van der Waals surface area contributed by atoms with Gasteiger partial charge in [-0.2, -0.15) is 0 Å². The average Bonchev–Trinajstić information content (AvgIpc) is 3.65. The molecule has 0 saturated heterocycles. The van der Waals surface area contributed by atoms with Crippen molar-refractivity contribution in [2.45, 2.75) is 85.3 Å². The Morgan fingerprint density at radius 3 is 2.00 bits per heavy atom. The summed E-state index contributed by atoms with van der Waals surface area (Å²) in [6.07, 6.45) is 1.82. The summed E-state index contributed by atoms with van der Waals surface area (Å²) in [5.74, 6) is -0.204. The van der Waals surface area contributed by atoms with Gasteiger partial charge in [0.05, 0.1) is 22.3 Å². The highest BCUT2D eigenvalue weighted by Crippen LogP contribution is 2.43. The van der Waals surface area contributed by atoms with Crippen molar-refractivity contribution in [2.75, 3.05) is 0 Å². The van der Waals surface area contributed by atoms with Crippen LogP contribution in [-0.2, 0) is 16.2 Å². The van der Waals surface area contributed by atoms with Crippen molar-refractivity contribution in [2.24, 2.45) is 0 Å². The van der Waals surface area contributed by atoms with Crippen LogP contribution >= 0.6 is 0 Å². The molecule has 59 heavy (non-hydrogen) atoms. The van der Waals surface area contributed by atoms with Crippen LogP contribution in [0.2, 0.25) is 0 Å². The maximum Gasteiger partial charge on any atom is 0.149 e.